The molecule has 6 heteroatoms. The lowest BCUT2D eigenvalue weighted by Gasteiger charge is -2.18. The number of carboxylic acids is 1. The number of rotatable bonds is 5. The van der Waals surface area contributed by atoms with E-state index in [1.54, 1.807) is 32.0 Å². The Bertz CT molecular complexity index is 526. The number of carbonyl (C=O) groups is 3. The van der Waals surface area contributed by atoms with Gasteiger partial charge in [0, 0.05) is 18.2 Å². The zero-order valence-corrected chi connectivity index (χ0v) is 11.6. The fourth-order valence-electron chi connectivity index (χ4n) is 1.68. The fraction of sp³-hybridized carbons (Fsp3) is 0.357. The summed E-state index contributed by atoms with van der Waals surface area (Å²) in [6.45, 7) is 4.80. The molecule has 2 amide bonds. The lowest BCUT2D eigenvalue weighted by molar-refractivity contribution is -0.140. The molecule has 0 aliphatic rings. The molecule has 1 aromatic carbocycles. The smallest absolute Gasteiger partial charge is 0.326 e. The molecule has 0 saturated heterocycles. The van der Waals surface area contributed by atoms with Crippen LogP contribution in [-0.4, -0.2) is 28.9 Å². The summed E-state index contributed by atoms with van der Waals surface area (Å²) in [6, 6.07) is 5.36. The molecular weight excluding hydrogens is 260 g/mol. The Morgan fingerprint density at radius 1 is 1.20 bits per heavy atom. The predicted octanol–water partition coefficient (Wildman–Crippen LogP) is 1.48. The molecule has 0 heterocycles. The molecule has 0 radical (unpaired) electrons. The van der Waals surface area contributed by atoms with E-state index < -0.39 is 17.9 Å². The molecule has 0 spiro atoms. The van der Waals surface area contributed by atoms with Crippen molar-refractivity contribution in [3.05, 3.63) is 29.8 Å². The van der Waals surface area contributed by atoms with E-state index in [9.17, 15) is 14.4 Å². The maximum Gasteiger partial charge on any atom is 0.326 e. The van der Waals surface area contributed by atoms with Crippen LogP contribution in [0.15, 0.2) is 24.3 Å². The van der Waals surface area contributed by atoms with E-state index in [4.69, 9.17) is 5.11 Å². The number of hydrogen-bond acceptors (Lipinski definition) is 3. The fourth-order valence-corrected chi connectivity index (χ4v) is 1.68. The lowest BCUT2D eigenvalue weighted by atomic mass is 10.0. The van der Waals surface area contributed by atoms with Crippen LogP contribution in [0, 0.1) is 5.92 Å². The number of benzene rings is 1. The third kappa shape index (κ3) is 4.38. The van der Waals surface area contributed by atoms with Crippen LogP contribution in [0.5, 0.6) is 0 Å². The van der Waals surface area contributed by atoms with E-state index in [0.29, 0.717) is 11.3 Å². The van der Waals surface area contributed by atoms with Crippen molar-refractivity contribution in [2.75, 3.05) is 5.32 Å². The van der Waals surface area contributed by atoms with Gasteiger partial charge >= 0.3 is 5.97 Å². The summed E-state index contributed by atoms with van der Waals surface area (Å²) in [5.74, 6) is -2.03. The van der Waals surface area contributed by atoms with Gasteiger partial charge in [0.05, 0.1) is 0 Å². The normalized spacial score (nSPS) is 11.8. The highest BCUT2D eigenvalue weighted by molar-refractivity contribution is 5.98. The van der Waals surface area contributed by atoms with Crippen LogP contribution in [0.2, 0.25) is 0 Å². The maximum absolute atomic E-state index is 12.0. The highest BCUT2D eigenvalue weighted by atomic mass is 16.4. The summed E-state index contributed by atoms with van der Waals surface area (Å²) in [6.07, 6.45) is 0. The van der Waals surface area contributed by atoms with Gasteiger partial charge in [0.1, 0.15) is 6.04 Å². The minimum atomic E-state index is -1.08. The number of carbonyl (C=O) groups excluding carboxylic acids is 2. The molecule has 1 atom stereocenters. The predicted molar refractivity (Wildman–Crippen MR) is 74.5 cm³/mol. The van der Waals surface area contributed by atoms with Crippen LogP contribution >= 0.6 is 0 Å². The van der Waals surface area contributed by atoms with Crippen LogP contribution in [0.4, 0.5) is 5.69 Å². The third-order valence-electron chi connectivity index (χ3n) is 2.66. The number of anilines is 1. The number of aliphatic carboxylic acids is 1. The molecule has 1 rings (SSSR count). The number of nitrogens with one attached hydrogen (secondary N) is 2. The first-order valence-corrected chi connectivity index (χ1v) is 6.22. The Morgan fingerprint density at radius 3 is 2.35 bits per heavy atom. The molecule has 0 fully saturated rings. The van der Waals surface area contributed by atoms with Gasteiger partial charge in [0.2, 0.25) is 5.91 Å². The van der Waals surface area contributed by atoms with Crippen LogP contribution in [0.1, 0.15) is 31.1 Å². The molecule has 0 saturated carbocycles. The largest absolute Gasteiger partial charge is 0.480 e. The van der Waals surface area contributed by atoms with Crippen LogP contribution in [-0.2, 0) is 9.59 Å². The van der Waals surface area contributed by atoms with Crippen molar-refractivity contribution in [2.45, 2.75) is 26.8 Å². The van der Waals surface area contributed by atoms with Gasteiger partial charge < -0.3 is 15.7 Å². The monoisotopic (exact) mass is 278 g/mol. The molecule has 1 aromatic rings. The maximum atomic E-state index is 12.0. The number of amides is 2. The quantitative estimate of drug-likeness (QED) is 0.760. The van der Waals surface area contributed by atoms with E-state index in [2.05, 4.69) is 10.6 Å². The molecular formula is C14H18N2O4. The summed E-state index contributed by atoms with van der Waals surface area (Å²) in [5.41, 5.74) is 0.782. The van der Waals surface area contributed by atoms with Gasteiger partial charge in [-0.25, -0.2) is 4.79 Å². The molecule has 0 aliphatic carbocycles. The molecule has 20 heavy (non-hydrogen) atoms. The standard InChI is InChI=1S/C14H18N2O4/c1-8(2)12(14(19)20)16-13(18)10-5-4-6-11(7-10)15-9(3)17/h4-8,12H,1-3H3,(H,15,17)(H,16,18)(H,19,20)/t12-/m1/s1. The first-order chi connectivity index (χ1) is 9.31. The lowest BCUT2D eigenvalue weighted by Crippen LogP contribution is -2.44. The molecule has 0 unspecified atom stereocenters. The number of carboxylic acid groups (broad SMARTS) is 1. The number of hydrogen-bond donors (Lipinski definition) is 3. The van der Waals surface area contributed by atoms with Crippen molar-refractivity contribution in [1.82, 2.24) is 5.32 Å². The minimum absolute atomic E-state index is 0.227. The van der Waals surface area contributed by atoms with Crippen molar-refractivity contribution in [2.24, 2.45) is 5.92 Å². The Balaban J connectivity index is 2.86. The van der Waals surface area contributed by atoms with E-state index in [0.717, 1.165) is 0 Å². The summed E-state index contributed by atoms with van der Waals surface area (Å²) in [4.78, 5) is 34.0. The van der Waals surface area contributed by atoms with Crippen molar-refractivity contribution in [1.29, 1.82) is 0 Å². The zero-order chi connectivity index (χ0) is 15.3. The summed E-state index contributed by atoms with van der Waals surface area (Å²) >= 11 is 0. The van der Waals surface area contributed by atoms with Crippen LogP contribution < -0.4 is 10.6 Å². The highest BCUT2D eigenvalue weighted by Gasteiger charge is 2.23. The van der Waals surface area contributed by atoms with Crippen molar-refractivity contribution < 1.29 is 19.5 Å². The molecule has 3 N–H and O–H groups in total. The van der Waals surface area contributed by atoms with Crippen molar-refractivity contribution in [3.63, 3.8) is 0 Å². The summed E-state index contributed by atoms with van der Waals surface area (Å²) < 4.78 is 0. The van der Waals surface area contributed by atoms with Gasteiger partial charge in [-0.05, 0) is 24.1 Å². The van der Waals surface area contributed by atoms with Crippen LogP contribution in [0.25, 0.3) is 0 Å². The minimum Gasteiger partial charge on any atom is -0.480 e. The Hall–Kier alpha value is -2.37. The van der Waals surface area contributed by atoms with Gasteiger partial charge in [-0.3, -0.25) is 9.59 Å². The van der Waals surface area contributed by atoms with Gasteiger partial charge in [0.15, 0.2) is 0 Å². The topological polar surface area (TPSA) is 95.5 Å². The van der Waals surface area contributed by atoms with E-state index in [-0.39, 0.29) is 11.8 Å². The first-order valence-electron chi connectivity index (χ1n) is 6.22. The molecule has 0 aliphatic heterocycles. The Kier molecular flexibility index (Phi) is 5.25. The average Bonchev–Trinajstić information content (AvgIpc) is 2.34. The molecule has 108 valence electrons. The van der Waals surface area contributed by atoms with Crippen molar-refractivity contribution in [3.8, 4) is 0 Å². The van der Waals surface area contributed by atoms with Gasteiger partial charge in [-0.1, -0.05) is 19.9 Å². The third-order valence-corrected chi connectivity index (χ3v) is 2.66. The second kappa shape index (κ2) is 6.70. The van der Waals surface area contributed by atoms with E-state index >= 15 is 0 Å². The molecule has 0 aromatic heterocycles. The second-order valence-corrected chi connectivity index (χ2v) is 4.80. The average molecular weight is 278 g/mol. The molecule has 0 bridgehead atoms. The summed E-state index contributed by atoms with van der Waals surface area (Å²) in [7, 11) is 0. The van der Waals surface area contributed by atoms with Crippen molar-refractivity contribution >= 4 is 23.5 Å². The zero-order valence-electron chi connectivity index (χ0n) is 11.6. The van der Waals surface area contributed by atoms with Crippen LogP contribution in [0.3, 0.4) is 0 Å². The highest BCUT2D eigenvalue weighted by Crippen LogP contribution is 2.11. The molecule has 6 nitrogen and oxygen atoms in total. The van der Waals surface area contributed by atoms with E-state index in [1.807, 2.05) is 0 Å². The van der Waals surface area contributed by atoms with Gasteiger partial charge in [-0.2, -0.15) is 0 Å². The second-order valence-electron chi connectivity index (χ2n) is 4.80. The van der Waals surface area contributed by atoms with Gasteiger partial charge in [-0.15, -0.1) is 0 Å². The Morgan fingerprint density at radius 2 is 1.85 bits per heavy atom. The van der Waals surface area contributed by atoms with E-state index in [1.165, 1.54) is 13.0 Å². The first kappa shape index (κ1) is 15.7. The van der Waals surface area contributed by atoms with Gasteiger partial charge in [0.25, 0.3) is 5.91 Å². The SMILES string of the molecule is CC(=O)Nc1cccc(C(=O)N[C@@H](C(=O)O)C(C)C)c1. The summed E-state index contributed by atoms with van der Waals surface area (Å²) in [5, 5.41) is 14.1. The Labute approximate surface area is 117 Å².